The Morgan fingerprint density at radius 1 is 0.694 bits per heavy atom. The van der Waals surface area contributed by atoms with E-state index >= 15 is 0 Å². The smallest absolute Gasteiger partial charge is 0.187 e. The van der Waals surface area contributed by atoms with E-state index in [0.717, 1.165) is 32.1 Å². The van der Waals surface area contributed by atoms with E-state index < -0.39 is 142 Å². The van der Waals surface area contributed by atoms with Crippen molar-refractivity contribution in [1.82, 2.24) is 0 Å². The number of hydrogen-bond donors (Lipinski definition) is 13. The average Bonchev–Trinajstić information content (AvgIpc) is 3.80. The Kier molecular flexibility index (Phi) is 16.7. The summed E-state index contributed by atoms with van der Waals surface area (Å²) in [5, 5.41) is 138. The minimum atomic E-state index is -1.75. The van der Waals surface area contributed by atoms with Crippen LogP contribution in [0.25, 0.3) is 0 Å². The van der Waals surface area contributed by atoms with Crippen LogP contribution in [-0.4, -0.2) is 228 Å². The van der Waals surface area contributed by atoms with E-state index in [1.807, 2.05) is 6.92 Å². The van der Waals surface area contributed by atoms with Crippen LogP contribution in [0.3, 0.4) is 0 Å². The molecule has 0 aromatic rings. The fourth-order valence-corrected chi connectivity index (χ4v) is 14.7. The van der Waals surface area contributed by atoms with Crippen molar-refractivity contribution in [3.8, 4) is 0 Å². The summed E-state index contributed by atoms with van der Waals surface area (Å²) in [6, 6.07) is 0. The van der Waals surface area contributed by atoms with Crippen LogP contribution in [0.4, 0.5) is 0 Å². The Morgan fingerprint density at radius 2 is 1.36 bits per heavy atom. The van der Waals surface area contributed by atoms with Gasteiger partial charge in [-0.3, -0.25) is 0 Å². The first-order valence-corrected chi connectivity index (χ1v) is 26.3. The van der Waals surface area contributed by atoms with Gasteiger partial charge < -0.3 is 109 Å². The highest BCUT2D eigenvalue weighted by Gasteiger charge is 2.68. The summed E-state index contributed by atoms with van der Waals surface area (Å²) < 4.78 is 54.2. The summed E-state index contributed by atoms with van der Waals surface area (Å²) >= 11 is 0. The molecule has 0 aromatic heterocycles. The zero-order valence-electron chi connectivity index (χ0n) is 41.8. The lowest BCUT2D eigenvalue weighted by Gasteiger charge is -2.58. The van der Waals surface area contributed by atoms with Crippen LogP contribution in [0, 0.1) is 46.3 Å². The van der Waals surface area contributed by atoms with E-state index in [1.54, 1.807) is 0 Å². The van der Waals surface area contributed by atoms with Crippen LogP contribution < -0.4 is 0 Å². The maximum atomic E-state index is 12.1. The molecule has 0 amide bonds. The summed E-state index contributed by atoms with van der Waals surface area (Å²) in [4.78, 5) is 0. The van der Waals surface area contributed by atoms with Gasteiger partial charge in [0.2, 0.25) is 0 Å². The van der Waals surface area contributed by atoms with Gasteiger partial charge in [0, 0.05) is 12.3 Å². The molecule has 0 bridgehead atoms. The highest BCUT2D eigenvalue weighted by Crippen LogP contribution is 2.70. The third-order valence-electron chi connectivity index (χ3n) is 19.1. The predicted octanol–water partition coefficient (Wildman–Crippen LogP) is -2.37. The van der Waals surface area contributed by atoms with Crippen LogP contribution >= 0.6 is 0 Å². The Labute approximate surface area is 419 Å². The standard InChI is InChI=1S/C50H82O22/c1-20(18-64-44-39(60)37(58)35(56)30(16-51)68-44)8-13-50(63)21(2)32-29(72-50)15-27-25-7-6-23-14-24(9-11-48(23,4)26(25)10-12-49(27,32)5)67-47-43(71-46-40(61)36(57)33(54)22(3)66-46)41(62)42(31(17-52)69-47)70-45-38(59)34(55)28(53)19-65-45/h6,20-22,24-47,51-63H,7-19H2,1-5H3/t20-,21+,22+,24+,25-,26+,27-,28-,29+,30-,31-,32+,33+,34+,35-,36-,37+,38-,39-,40-,41+,42-,43-,44-,45+,46+,47-,48+,49+,50-/m1/s1. The Bertz CT molecular complexity index is 1860. The summed E-state index contributed by atoms with van der Waals surface area (Å²) in [5.41, 5.74) is 1.07. The molecule has 72 heavy (non-hydrogen) atoms. The first-order chi connectivity index (χ1) is 34.0. The van der Waals surface area contributed by atoms with E-state index in [2.05, 4.69) is 26.8 Å². The molecule has 30 atom stereocenters. The van der Waals surface area contributed by atoms with Crippen molar-refractivity contribution in [1.29, 1.82) is 0 Å². The number of aliphatic hydroxyl groups excluding tert-OH is 12. The maximum Gasteiger partial charge on any atom is 0.187 e. The average molecular weight is 1040 g/mol. The fraction of sp³-hybridized carbons (Fsp3) is 0.960. The van der Waals surface area contributed by atoms with Gasteiger partial charge in [-0.15, -0.1) is 0 Å². The van der Waals surface area contributed by atoms with Gasteiger partial charge in [0.15, 0.2) is 30.9 Å². The summed E-state index contributed by atoms with van der Waals surface area (Å²) in [6.45, 7) is 8.82. The molecule has 0 unspecified atom stereocenters. The Hall–Kier alpha value is -1.14. The quantitative estimate of drug-likeness (QED) is 0.0809. The molecule has 0 spiro atoms. The zero-order valence-corrected chi connectivity index (χ0v) is 41.8. The maximum absolute atomic E-state index is 12.1. The molecule has 22 heteroatoms. The zero-order chi connectivity index (χ0) is 51.9. The van der Waals surface area contributed by atoms with Crippen molar-refractivity contribution in [2.45, 2.75) is 227 Å². The monoisotopic (exact) mass is 1030 g/mol. The number of fused-ring (bicyclic) bond motifs is 7. The lowest BCUT2D eigenvalue weighted by atomic mass is 9.47. The molecule has 414 valence electrons. The molecule has 5 heterocycles. The molecule has 9 rings (SSSR count). The molecule has 13 N–H and O–H groups in total. The number of hydrogen-bond acceptors (Lipinski definition) is 22. The largest absolute Gasteiger partial charge is 0.394 e. The summed E-state index contributed by atoms with van der Waals surface area (Å²) in [5.74, 6) is -0.222. The molecule has 3 saturated carbocycles. The molecule has 8 fully saturated rings. The molecular formula is C50H82O22. The third kappa shape index (κ3) is 9.91. The molecule has 5 aliphatic heterocycles. The van der Waals surface area contributed by atoms with Crippen molar-refractivity contribution in [3.63, 3.8) is 0 Å². The molecule has 22 nitrogen and oxygen atoms in total. The minimum absolute atomic E-state index is 0.0572. The van der Waals surface area contributed by atoms with Crippen molar-refractivity contribution >= 4 is 0 Å². The van der Waals surface area contributed by atoms with Gasteiger partial charge in [-0.25, -0.2) is 0 Å². The van der Waals surface area contributed by atoms with E-state index in [0.29, 0.717) is 43.4 Å². The highest BCUT2D eigenvalue weighted by molar-refractivity contribution is 5.26. The first-order valence-electron chi connectivity index (χ1n) is 26.3. The van der Waals surface area contributed by atoms with E-state index in [1.165, 1.54) is 12.5 Å². The Balaban J connectivity index is 0.843. The second-order valence-electron chi connectivity index (χ2n) is 23.4. The SMILES string of the molecule is C[C@H](CC[C@@]1(O)O[C@H]2C[C@@H]3[C@@H]4CC=C5C[C@@H](O[C@@H]6O[C@H](CO)[C@@H](O[C@@H]7OC[C@@H](O)[C@H](O)[C@H]7O)[C@H](O)[C@H]6O[C@@H]6O[C@@H](C)[C@H](O)[C@@H](O)[C@H]6O)CC[C@]5(C)[C@H]4CC[C@]3(C)[C@H]2[C@@H]1C)CO[C@@H]1O[C@H](CO)[C@@H](O)[C@H](O)[C@H]1O. The van der Waals surface area contributed by atoms with Gasteiger partial charge in [-0.2, -0.15) is 0 Å². The number of aliphatic hydroxyl groups is 13. The van der Waals surface area contributed by atoms with E-state index in [-0.39, 0.29) is 47.9 Å². The van der Waals surface area contributed by atoms with Crippen LogP contribution in [0.2, 0.25) is 0 Å². The number of allylic oxidation sites excluding steroid dienone is 1. The lowest BCUT2D eigenvalue weighted by molar-refractivity contribution is -0.385. The molecule has 4 aliphatic carbocycles. The van der Waals surface area contributed by atoms with Gasteiger partial charge >= 0.3 is 0 Å². The molecule has 0 radical (unpaired) electrons. The number of rotatable bonds is 14. The highest BCUT2D eigenvalue weighted by atomic mass is 16.8. The van der Waals surface area contributed by atoms with Crippen LogP contribution in [0.1, 0.15) is 92.4 Å². The summed E-state index contributed by atoms with van der Waals surface area (Å²) in [7, 11) is 0. The fourth-order valence-electron chi connectivity index (χ4n) is 14.7. The second kappa shape index (κ2) is 21.6. The van der Waals surface area contributed by atoms with Gasteiger partial charge in [0.25, 0.3) is 0 Å². The van der Waals surface area contributed by atoms with Crippen molar-refractivity contribution in [2.75, 3.05) is 26.4 Å². The van der Waals surface area contributed by atoms with Crippen LogP contribution in [0.5, 0.6) is 0 Å². The first kappa shape index (κ1) is 55.6. The molecular weight excluding hydrogens is 953 g/mol. The molecule has 9 aliphatic rings. The van der Waals surface area contributed by atoms with Crippen molar-refractivity contribution < 1.29 is 109 Å². The topological polar surface area (TPSA) is 346 Å². The van der Waals surface area contributed by atoms with Gasteiger partial charge in [-0.05, 0) is 98.7 Å². The Morgan fingerprint density at radius 3 is 2.08 bits per heavy atom. The third-order valence-corrected chi connectivity index (χ3v) is 19.1. The minimum Gasteiger partial charge on any atom is -0.394 e. The van der Waals surface area contributed by atoms with Crippen LogP contribution in [-0.2, 0) is 42.6 Å². The normalized spacial score (nSPS) is 55.1. The van der Waals surface area contributed by atoms with Crippen molar-refractivity contribution in [2.24, 2.45) is 46.3 Å². The van der Waals surface area contributed by atoms with Crippen LogP contribution in [0.15, 0.2) is 11.6 Å². The lowest BCUT2D eigenvalue weighted by Crippen LogP contribution is -2.66. The van der Waals surface area contributed by atoms with Gasteiger partial charge in [0.1, 0.15) is 85.5 Å². The van der Waals surface area contributed by atoms with Gasteiger partial charge in [0.05, 0.1) is 44.7 Å². The van der Waals surface area contributed by atoms with Crippen molar-refractivity contribution in [3.05, 3.63) is 11.6 Å². The predicted molar refractivity (Wildman–Crippen MR) is 244 cm³/mol. The summed E-state index contributed by atoms with van der Waals surface area (Å²) in [6.07, 6.45) is -19.3. The number of ether oxygens (including phenoxy) is 9. The van der Waals surface area contributed by atoms with Gasteiger partial charge in [-0.1, -0.05) is 39.3 Å². The van der Waals surface area contributed by atoms with E-state index in [9.17, 15) is 66.4 Å². The molecule has 0 aromatic carbocycles. The second-order valence-corrected chi connectivity index (χ2v) is 23.4. The van der Waals surface area contributed by atoms with E-state index in [4.69, 9.17) is 42.6 Å². The molecule has 5 saturated heterocycles.